The zero-order valence-corrected chi connectivity index (χ0v) is 12.1. The summed E-state index contributed by atoms with van der Waals surface area (Å²) in [6.07, 6.45) is 3.20. The lowest BCUT2D eigenvalue weighted by atomic mass is 10.1. The molecule has 0 radical (unpaired) electrons. The Labute approximate surface area is 121 Å². The Morgan fingerprint density at radius 1 is 1.24 bits per heavy atom. The van der Waals surface area contributed by atoms with Gasteiger partial charge in [-0.3, -0.25) is 0 Å². The number of rotatable bonds is 4. The number of hydrogen-bond acceptors (Lipinski definition) is 7. The molecule has 0 saturated heterocycles. The third-order valence-electron chi connectivity index (χ3n) is 3.11. The van der Waals surface area contributed by atoms with Crippen molar-refractivity contribution in [2.24, 2.45) is 0 Å². The third kappa shape index (κ3) is 2.81. The first-order chi connectivity index (χ1) is 10.1. The summed E-state index contributed by atoms with van der Waals surface area (Å²) in [5.74, 6) is 0. The Morgan fingerprint density at radius 3 is 2.76 bits per heavy atom. The highest BCUT2D eigenvalue weighted by molar-refractivity contribution is 7.86. The summed E-state index contributed by atoms with van der Waals surface area (Å²) in [5.41, 5.74) is 4.98. The largest absolute Gasteiger partial charge is 0.317 e. The van der Waals surface area contributed by atoms with Crippen LogP contribution in [0.2, 0.25) is 0 Å². The predicted octanol–water partition coefficient (Wildman–Crippen LogP) is 1.58. The maximum atomic E-state index is 12.1. The van der Waals surface area contributed by atoms with E-state index in [-0.39, 0.29) is 4.90 Å². The van der Waals surface area contributed by atoms with E-state index >= 15 is 0 Å². The van der Waals surface area contributed by atoms with Gasteiger partial charge in [-0.15, -0.1) is 4.28 Å². The standard InChI is InChI=1S/C13H13N3O4S/c1-9-5-7-10(8-6-9)21(17,18)20-15-12-4-2-3-11-13(12)16-19-14-11/h4-8,15H,2-3H2,1H3. The molecule has 0 atom stereocenters. The predicted molar refractivity (Wildman–Crippen MR) is 73.2 cm³/mol. The minimum atomic E-state index is -3.89. The maximum Gasteiger partial charge on any atom is 0.317 e. The van der Waals surface area contributed by atoms with Gasteiger partial charge in [0.25, 0.3) is 0 Å². The molecule has 1 aliphatic carbocycles. The average molecular weight is 307 g/mol. The smallest absolute Gasteiger partial charge is 0.247 e. The number of allylic oxidation sites excluding steroid dienone is 1. The van der Waals surface area contributed by atoms with E-state index in [1.165, 1.54) is 12.1 Å². The second-order valence-corrected chi connectivity index (χ2v) is 6.21. The fourth-order valence-electron chi connectivity index (χ4n) is 1.97. The number of hydrogen-bond donors (Lipinski definition) is 1. The normalized spacial score (nSPS) is 14.4. The van der Waals surface area contributed by atoms with E-state index < -0.39 is 10.1 Å². The third-order valence-corrected chi connectivity index (χ3v) is 4.26. The molecule has 2 aromatic rings. The summed E-state index contributed by atoms with van der Waals surface area (Å²) in [5, 5.41) is 7.48. The van der Waals surface area contributed by atoms with Crippen molar-refractivity contribution >= 4 is 15.8 Å². The lowest BCUT2D eigenvalue weighted by Gasteiger charge is -2.12. The molecule has 0 saturated carbocycles. The molecule has 1 aliphatic rings. The number of benzene rings is 1. The second kappa shape index (κ2) is 5.30. The second-order valence-electron chi connectivity index (χ2n) is 4.67. The van der Waals surface area contributed by atoms with Gasteiger partial charge in [-0.25, -0.2) is 10.1 Å². The van der Waals surface area contributed by atoms with E-state index in [1.54, 1.807) is 18.2 Å². The van der Waals surface area contributed by atoms with Crippen LogP contribution in [0.15, 0.2) is 39.9 Å². The van der Waals surface area contributed by atoms with Crippen LogP contribution in [0, 0.1) is 6.92 Å². The van der Waals surface area contributed by atoms with Crippen molar-refractivity contribution in [3.63, 3.8) is 0 Å². The molecule has 1 heterocycles. The molecule has 0 bridgehead atoms. The zero-order chi connectivity index (χ0) is 14.9. The first-order valence-corrected chi connectivity index (χ1v) is 7.75. The SMILES string of the molecule is Cc1ccc(S(=O)(=O)ONC2=CCCc3nonc32)cc1. The highest BCUT2D eigenvalue weighted by atomic mass is 32.2. The first-order valence-electron chi connectivity index (χ1n) is 6.34. The molecule has 1 aromatic heterocycles. The van der Waals surface area contributed by atoms with Crippen LogP contribution in [-0.4, -0.2) is 18.7 Å². The van der Waals surface area contributed by atoms with Gasteiger partial charge in [-0.2, -0.15) is 8.42 Å². The van der Waals surface area contributed by atoms with Gasteiger partial charge in [0.1, 0.15) is 5.69 Å². The average Bonchev–Trinajstić information content (AvgIpc) is 2.94. The Balaban J connectivity index is 1.76. The van der Waals surface area contributed by atoms with Crippen LogP contribution >= 0.6 is 0 Å². The van der Waals surface area contributed by atoms with Crippen LogP contribution in [0.1, 0.15) is 23.4 Å². The van der Waals surface area contributed by atoms with Crippen LogP contribution < -0.4 is 5.48 Å². The van der Waals surface area contributed by atoms with Crippen molar-refractivity contribution in [3.05, 3.63) is 47.3 Å². The monoisotopic (exact) mass is 307 g/mol. The van der Waals surface area contributed by atoms with Crippen molar-refractivity contribution in [3.8, 4) is 0 Å². The Kier molecular flexibility index (Phi) is 3.48. The van der Waals surface area contributed by atoms with Gasteiger partial charge in [0, 0.05) is 0 Å². The molecule has 7 nitrogen and oxygen atoms in total. The van der Waals surface area contributed by atoms with Crippen LogP contribution in [-0.2, 0) is 20.8 Å². The zero-order valence-electron chi connectivity index (χ0n) is 11.2. The van der Waals surface area contributed by atoms with Crippen LogP contribution in [0.3, 0.4) is 0 Å². The molecular weight excluding hydrogens is 294 g/mol. The molecule has 3 rings (SSSR count). The van der Waals surface area contributed by atoms with E-state index in [1.807, 2.05) is 6.92 Å². The molecule has 0 amide bonds. The van der Waals surface area contributed by atoms with Crippen molar-refractivity contribution in [2.75, 3.05) is 0 Å². The van der Waals surface area contributed by atoms with E-state index in [2.05, 4.69) is 20.4 Å². The minimum Gasteiger partial charge on any atom is -0.247 e. The van der Waals surface area contributed by atoms with E-state index in [9.17, 15) is 8.42 Å². The molecule has 1 N–H and O–H groups in total. The molecular formula is C13H13N3O4S. The maximum absolute atomic E-state index is 12.1. The van der Waals surface area contributed by atoms with Crippen LogP contribution in [0.4, 0.5) is 0 Å². The number of nitrogens with one attached hydrogen (secondary N) is 1. The number of aryl methyl sites for hydroxylation is 2. The summed E-state index contributed by atoms with van der Waals surface area (Å²) in [4.78, 5) is 0.0792. The molecule has 1 aromatic carbocycles. The van der Waals surface area contributed by atoms with Gasteiger partial charge < -0.3 is 0 Å². The first kappa shape index (κ1) is 13.8. The number of nitrogens with zero attached hydrogens (tertiary/aromatic N) is 2. The van der Waals surface area contributed by atoms with Crippen molar-refractivity contribution in [1.82, 2.24) is 15.8 Å². The highest BCUT2D eigenvalue weighted by Crippen LogP contribution is 2.22. The Hall–Kier alpha value is -2.19. The van der Waals surface area contributed by atoms with Crippen molar-refractivity contribution < 1.29 is 17.3 Å². The summed E-state index contributed by atoms with van der Waals surface area (Å²) >= 11 is 0. The summed E-state index contributed by atoms with van der Waals surface area (Å²) in [6.45, 7) is 1.88. The fraction of sp³-hybridized carbons (Fsp3) is 0.231. The van der Waals surface area contributed by atoms with Gasteiger partial charge in [0.2, 0.25) is 0 Å². The van der Waals surface area contributed by atoms with Gasteiger partial charge in [0.15, 0.2) is 5.69 Å². The Morgan fingerprint density at radius 2 is 2.00 bits per heavy atom. The van der Waals surface area contributed by atoms with Crippen LogP contribution in [0.25, 0.3) is 5.70 Å². The molecule has 0 unspecified atom stereocenters. The quantitative estimate of drug-likeness (QED) is 0.857. The lowest BCUT2D eigenvalue weighted by molar-refractivity contribution is 0.256. The van der Waals surface area contributed by atoms with Gasteiger partial charge >= 0.3 is 10.1 Å². The summed E-state index contributed by atoms with van der Waals surface area (Å²) in [7, 11) is -3.89. The summed E-state index contributed by atoms with van der Waals surface area (Å²) in [6, 6.07) is 6.39. The van der Waals surface area contributed by atoms with Gasteiger partial charge in [-0.1, -0.05) is 28.9 Å². The molecule has 21 heavy (non-hydrogen) atoms. The molecule has 0 spiro atoms. The minimum absolute atomic E-state index is 0.0792. The summed E-state index contributed by atoms with van der Waals surface area (Å²) < 4.78 is 33.6. The fourth-order valence-corrected chi connectivity index (χ4v) is 2.73. The molecule has 0 fully saturated rings. The molecule has 0 aliphatic heterocycles. The van der Waals surface area contributed by atoms with Crippen LogP contribution in [0.5, 0.6) is 0 Å². The van der Waals surface area contributed by atoms with Gasteiger partial charge in [0.05, 0.1) is 10.6 Å². The highest BCUT2D eigenvalue weighted by Gasteiger charge is 2.22. The van der Waals surface area contributed by atoms with E-state index in [0.717, 1.165) is 5.56 Å². The molecule has 8 heteroatoms. The van der Waals surface area contributed by atoms with E-state index in [4.69, 9.17) is 4.28 Å². The van der Waals surface area contributed by atoms with E-state index in [0.29, 0.717) is 29.9 Å². The van der Waals surface area contributed by atoms with Crippen molar-refractivity contribution in [2.45, 2.75) is 24.7 Å². The molecule has 110 valence electrons. The van der Waals surface area contributed by atoms with Crippen molar-refractivity contribution in [1.29, 1.82) is 0 Å². The number of hydroxylamine groups is 1. The number of fused-ring (bicyclic) bond motifs is 1. The topological polar surface area (TPSA) is 94.3 Å². The number of aromatic nitrogens is 2. The Bertz CT molecular complexity index is 778. The lowest BCUT2D eigenvalue weighted by Crippen LogP contribution is -2.21. The van der Waals surface area contributed by atoms with Gasteiger partial charge in [-0.05, 0) is 37.1 Å².